The summed E-state index contributed by atoms with van der Waals surface area (Å²) in [6.07, 6.45) is -0.368. The topological polar surface area (TPSA) is 40.3 Å². The summed E-state index contributed by atoms with van der Waals surface area (Å²) in [6.45, 7) is 0.953. The summed E-state index contributed by atoms with van der Waals surface area (Å²) in [6, 6.07) is 0. The summed E-state index contributed by atoms with van der Waals surface area (Å²) in [4.78, 5) is 10.7. The quantitative estimate of drug-likeness (QED) is 0.458. The Morgan fingerprint density at radius 3 is 2.80 bits per heavy atom. The Morgan fingerprint density at radius 2 is 2.60 bits per heavy atom. The predicted molar refractivity (Wildman–Crippen MR) is 39.8 cm³/mol. The van der Waals surface area contributed by atoms with Crippen molar-refractivity contribution in [3.8, 4) is 0 Å². The molecule has 5 heteroatoms. The van der Waals surface area contributed by atoms with Crippen molar-refractivity contribution >= 4 is 24.0 Å². The number of carboxylic acids is 1. The van der Waals surface area contributed by atoms with E-state index in [1.165, 1.54) is 0 Å². The molecule has 4 aliphatic rings. The van der Waals surface area contributed by atoms with Gasteiger partial charge in [-0.3, -0.25) is 4.67 Å². The van der Waals surface area contributed by atoms with Crippen LogP contribution in [0.3, 0.4) is 0 Å². The third kappa shape index (κ3) is 0.252. The number of rotatable bonds is 1. The van der Waals surface area contributed by atoms with Gasteiger partial charge in [0, 0.05) is 12.2 Å². The molecule has 0 aromatic rings. The molecule has 0 aromatic heterocycles. The molecule has 0 radical (unpaired) electrons. The molecule has 4 heterocycles. The van der Waals surface area contributed by atoms with Crippen LogP contribution in [-0.4, -0.2) is 33.2 Å². The molecule has 4 unspecified atom stereocenters. The monoisotopic (exact) mass is 175 g/mol. The fourth-order valence-corrected chi connectivity index (χ4v) is 9.14. The van der Waals surface area contributed by atoms with Crippen LogP contribution in [0.2, 0.25) is 0 Å². The van der Waals surface area contributed by atoms with Gasteiger partial charge in [-0.05, 0) is 6.42 Å². The van der Waals surface area contributed by atoms with Crippen LogP contribution in [0.25, 0.3) is 0 Å². The normalized spacial score (nSPS) is 67.2. The van der Waals surface area contributed by atoms with Gasteiger partial charge in [-0.15, -0.1) is 0 Å². The van der Waals surface area contributed by atoms with Crippen LogP contribution in [0.5, 0.6) is 0 Å². The van der Waals surface area contributed by atoms with Crippen molar-refractivity contribution in [3.63, 3.8) is 0 Å². The molecule has 0 amide bonds. The standard InChI is InChI=1S/C5H6NO2PS/c7-4(8)5-3-1-2-6(5)9(3,5)10/h3H,1-2H2,(H,7,8). The first-order chi connectivity index (χ1) is 4.66. The Morgan fingerprint density at radius 1 is 1.90 bits per heavy atom. The van der Waals surface area contributed by atoms with E-state index in [-0.39, 0.29) is 0 Å². The number of carbonyl (C=O) groups is 1. The average Bonchev–Trinajstić information content (AvgIpc) is 2.48. The molecule has 4 rings (SSSR count). The average molecular weight is 175 g/mol. The lowest BCUT2D eigenvalue weighted by molar-refractivity contribution is -0.139. The third-order valence-corrected chi connectivity index (χ3v) is 9.10. The van der Waals surface area contributed by atoms with Gasteiger partial charge in [0.1, 0.15) is 0 Å². The number of fused-ring (bicyclic) bond motifs is 1. The van der Waals surface area contributed by atoms with E-state index in [0.29, 0.717) is 5.66 Å². The van der Waals surface area contributed by atoms with Gasteiger partial charge in [0.25, 0.3) is 0 Å². The Balaban J connectivity index is 2.17. The molecular weight excluding hydrogens is 169 g/mol. The van der Waals surface area contributed by atoms with E-state index >= 15 is 0 Å². The van der Waals surface area contributed by atoms with Gasteiger partial charge >= 0.3 is 5.97 Å². The van der Waals surface area contributed by atoms with E-state index in [4.69, 9.17) is 16.9 Å². The van der Waals surface area contributed by atoms with E-state index < -0.39 is 17.4 Å². The summed E-state index contributed by atoms with van der Waals surface area (Å²) in [5.74, 6) is -0.654. The molecule has 10 heavy (non-hydrogen) atoms. The van der Waals surface area contributed by atoms with Crippen molar-refractivity contribution in [1.29, 1.82) is 0 Å². The second kappa shape index (κ2) is 1.11. The van der Waals surface area contributed by atoms with Gasteiger partial charge in [-0.25, -0.2) is 4.79 Å². The van der Waals surface area contributed by atoms with Crippen LogP contribution in [-0.2, 0) is 16.6 Å². The first kappa shape index (κ1) is 5.70. The lowest BCUT2D eigenvalue weighted by atomic mass is 10.2. The molecule has 3 nitrogen and oxygen atoms in total. The van der Waals surface area contributed by atoms with E-state index in [9.17, 15) is 4.79 Å². The highest BCUT2D eigenvalue weighted by atomic mass is 32.4. The van der Waals surface area contributed by atoms with Crippen LogP contribution < -0.4 is 0 Å². The van der Waals surface area contributed by atoms with Crippen molar-refractivity contribution in [2.45, 2.75) is 17.4 Å². The maximum Gasteiger partial charge on any atom is 0.331 e. The fourth-order valence-electron chi connectivity index (χ4n) is 2.43. The molecule has 4 fully saturated rings. The Labute approximate surface area is 63.1 Å². The molecule has 0 spiro atoms. The van der Waals surface area contributed by atoms with Gasteiger partial charge in [0.05, 0.1) is 6.19 Å². The molecule has 54 valence electrons. The Kier molecular flexibility index (Phi) is 0.634. The first-order valence-electron chi connectivity index (χ1n) is 3.28. The SMILES string of the molecule is O=C(O)C12C3CCN1P32=S. The van der Waals surface area contributed by atoms with Crippen molar-refractivity contribution in [2.75, 3.05) is 6.54 Å². The number of aliphatic carboxylic acids is 1. The molecule has 0 aromatic carbocycles. The van der Waals surface area contributed by atoms with Gasteiger partial charge in [-0.2, -0.15) is 0 Å². The van der Waals surface area contributed by atoms with Crippen LogP contribution in [0.4, 0.5) is 0 Å². The molecule has 2 bridgehead atoms. The lowest BCUT2D eigenvalue weighted by Gasteiger charge is -2.01. The van der Waals surface area contributed by atoms with Crippen LogP contribution in [0, 0.1) is 0 Å². The largest absolute Gasteiger partial charge is 0.480 e. The Hall–Kier alpha value is 0.0800. The zero-order valence-corrected chi connectivity index (χ0v) is 6.86. The van der Waals surface area contributed by atoms with Gasteiger partial charge in [0.2, 0.25) is 0 Å². The van der Waals surface area contributed by atoms with Gasteiger partial charge < -0.3 is 5.11 Å². The first-order valence-corrected chi connectivity index (χ1v) is 6.10. The molecule has 4 atom stereocenters. The summed E-state index contributed by atoms with van der Waals surface area (Å²) >= 11 is 5.26. The second-order valence-electron chi connectivity index (χ2n) is 3.08. The van der Waals surface area contributed by atoms with E-state index in [2.05, 4.69) is 0 Å². The zero-order valence-electron chi connectivity index (χ0n) is 5.15. The Bertz CT molecular complexity index is 286. The van der Waals surface area contributed by atoms with E-state index in [1.807, 2.05) is 4.67 Å². The summed E-state index contributed by atoms with van der Waals surface area (Å²) < 4.78 is 2.03. The van der Waals surface area contributed by atoms with E-state index in [1.54, 1.807) is 0 Å². The minimum Gasteiger partial charge on any atom is -0.480 e. The smallest absolute Gasteiger partial charge is 0.331 e. The summed E-state index contributed by atoms with van der Waals surface area (Å²) in [7, 11) is 0. The van der Waals surface area contributed by atoms with Crippen LogP contribution >= 0.6 is 6.19 Å². The van der Waals surface area contributed by atoms with Crippen LogP contribution in [0.15, 0.2) is 0 Å². The van der Waals surface area contributed by atoms with Crippen molar-refractivity contribution in [3.05, 3.63) is 0 Å². The van der Waals surface area contributed by atoms with Gasteiger partial charge in [0.15, 0.2) is 5.28 Å². The number of hydrogen-bond donors (Lipinski definition) is 1. The second-order valence-corrected chi connectivity index (χ2v) is 7.79. The minimum absolute atomic E-state index is 0.410. The van der Waals surface area contributed by atoms with Crippen LogP contribution in [0.1, 0.15) is 6.42 Å². The van der Waals surface area contributed by atoms with E-state index in [0.717, 1.165) is 13.0 Å². The molecule has 4 aliphatic heterocycles. The molecular formula is C5H6NO2PS. The van der Waals surface area contributed by atoms with Gasteiger partial charge in [-0.1, -0.05) is 11.8 Å². The number of hydrogen-bond acceptors (Lipinski definition) is 2. The highest BCUT2D eigenvalue weighted by Gasteiger charge is 2.99. The summed E-state index contributed by atoms with van der Waals surface area (Å²) in [5, 5.41) is 8.38. The maximum absolute atomic E-state index is 10.7. The van der Waals surface area contributed by atoms with Crippen molar-refractivity contribution in [1.82, 2.24) is 4.67 Å². The predicted octanol–water partition coefficient (Wildman–Crippen LogP) is 0.263. The molecule has 4 saturated heterocycles. The molecule has 0 aliphatic carbocycles. The number of carboxylic acid groups (broad SMARTS) is 1. The lowest BCUT2D eigenvalue weighted by Crippen LogP contribution is -2.25. The fraction of sp³-hybridized carbons (Fsp3) is 0.800. The minimum atomic E-state index is -1.41. The third-order valence-electron chi connectivity index (χ3n) is 2.95. The number of nitrogens with zero attached hydrogens (tertiary/aromatic N) is 1. The highest BCUT2D eigenvalue weighted by Crippen LogP contribution is 3.06. The maximum atomic E-state index is 10.7. The molecule has 1 N–H and O–H groups in total. The highest BCUT2D eigenvalue weighted by molar-refractivity contribution is 8.23. The van der Waals surface area contributed by atoms with Crippen molar-refractivity contribution in [2.24, 2.45) is 0 Å². The summed E-state index contributed by atoms with van der Waals surface area (Å²) in [5.41, 5.74) is 0.410. The molecule has 0 saturated carbocycles. The van der Waals surface area contributed by atoms with Crippen molar-refractivity contribution < 1.29 is 9.90 Å². The zero-order chi connectivity index (χ0) is 7.15.